The predicted molar refractivity (Wildman–Crippen MR) is 147 cm³/mol. The molecule has 3 heterocycles. The van der Waals surface area contributed by atoms with Gasteiger partial charge in [-0.25, -0.2) is 28.1 Å². The van der Waals surface area contributed by atoms with E-state index in [4.69, 9.17) is 15.2 Å². The molecule has 202 valence electrons. The number of anilines is 1. The van der Waals surface area contributed by atoms with Crippen LogP contribution >= 0.6 is 0 Å². The van der Waals surface area contributed by atoms with Gasteiger partial charge in [-0.05, 0) is 81.6 Å². The number of benzene rings is 1. The SMILES string of the molecule is CCOc1cc(C)cc(-c2ccc(C(=O)NS(=O)(=O)c3cccnc3N)c(Oc3c(C)cc(C)cc3C)n2)n1. The Morgan fingerprint density at radius 3 is 2.31 bits per heavy atom. The summed E-state index contributed by atoms with van der Waals surface area (Å²) in [5.41, 5.74) is 10.2. The van der Waals surface area contributed by atoms with Crippen LogP contribution in [0.15, 0.2) is 59.6 Å². The second-order valence-electron chi connectivity index (χ2n) is 9.00. The first-order valence-corrected chi connectivity index (χ1v) is 13.6. The summed E-state index contributed by atoms with van der Waals surface area (Å²) >= 11 is 0. The van der Waals surface area contributed by atoms with Gasteiger partial charge in [-0.15, -0.1) is 0 Å². The summed E-state index contributed by atoms with van der Waals surface area (Å²) in [5.74, 6) is -0.322. The molecule has 0 saturated carbocycles. The fourth-order valence-electron chi connectivity index (χ4n) is 4.11. The summed E-state index contributed by atoms with van der Waals surface area (Å²) in [6.45, 7) is 9.94. The number of rotatable bonds is 8. The number of nitrogens with zero attached hydrogens (tertiary/aromatic N) is 3. The first kappa shape index (κ1) is 27.5. The number of aromatic nitrogens is 3. The number of sulfonamides is 1. The number of carbonyl (C=O) groups is 1. The summed E-state index contributed by atoms with van der Waals surface area (Å²) in [4.78, 5) is 25.9. The molecule has 0 bridgehead atoms. The van der Waals surface area contributed by atoms with Gasteiger partial charge in [0.1, 0.15) is 22.0 Å². The minimum Gasteiger partial charge on any atom is -0.478 e. The molecular weight excluding hydrogens is 518 g/mol. The van der Waals surface area contributed by atoms with E-state index >= 15 is 0 Å². The lowest BCUT2D eigenvalue weighted by molar-refractivity contribution is 0.0978. The number of amides is 1. The Balaban J connectivity index is 1.81. The summed E-state index contributed by atoms with van der Waals surface area (Å²) in [6, 6.07) is 13.2. The van der Waals surface area contributed by atoms with Crippen LogP contribution in [0.5, 0.6) is 17.5 Å². The van der Waals surface area contributed by atoms with E-state index in [2.05, 4.69) is 15.0 Å². The van der Waals surface area contributed by atoms with Gasteiger partial charge in [0.15, 0.2) is 0 Å². The lowest BCUT2D eigenvalue weighted by Gasteiger charge is -2.16. The smallest absolute Gasteiger partial charge is 0.270 e. The van der Waals surface area contributed by atoms with Crippen molar-refractivity contribution in [1.29, 1.82) is 0 Å². The van der Waals surface area contributed by atoms with Crippen LogP contribution < -0.4 is 19.9 Å². The third-order valence-corrected chi connectivity index (χ3v) is 7.10. The van der Waals surface area contributed by atoms with Crippen molar-refractivity contribution in [2.45, 2.75) is 39.5 Å². The van der Waals surface area contributed by atoms with Gasteiger partial charge in [0.05, 0.1) is 18.0 Å². The van der Waals surface area contributed by atoms with Crippen LogP contribution in [0.4, 0.5) is 5.82 Å². The maximum atomic E-state index is 13.3. The second-order valence-corrected chi connectivity index (χ2v) is 10.7. The van der Waals surface area contributed by atoms with Crippen molar-refractivity contribution in [3.05, 3.63) is 82.5 Å². The first-order chi connectivity index (χ1) is 18.5. The molecule has 0 fully saturated rings. The van der Waals surface area contributed by atoms with E-state index in [-0.39, 0.29) is 22.2 Å². The molecule has 0 aliphatic rings. The number of hydrogen-bond acceptors (Lipinski definition) is 9. The molecule has 1 amide bonds. The zero-order valence-corrected chi connectivity index (χ0v) is 23.1. The molecular formula is C28H29N5O5S. The number of nitrogen functional groups attached to an aromatic ring is 1. The van der Waals surface area contributed by atoms with Crippen molar-refractivity contribution in [3.8, 4) is 28.9 Å². The molecule has 0 radical (unpaired) electrons. The minimum absolute atomic E-state index is 0.0873. The Morgan fingerprint density at radius 2 is 1.64 bits per heavy atom. The number of aryl methyl sites for hydroxylation is 4. The first-order valence-electron chi connectivity index (χ1n) is 12.1. The highest BCUT2D eigenvalue weighted by molar-refractivity contribution is 7.90. The van der Waals surface area contributed by atoms with E-state index in [0.29, 0.717) is 29.6 Å². The van der Waals surface area contributed by atoms with Gasteiger partial charge >= 0.3 is 0 Å². The molecule has 0 spiro atoms. The lowest BCUT2D eigenvalue weighted by atomic mass is 10.1. The van der Waals surface area contributed by atoms with E-state index in [9.17, 15) is 13.2 Å². The average Bonchev–Trinajstić information content (AvgIpc) is 2.85. The van der Waals surface area contributed by atoms with Crippen molar-refractivity contribution >= 4 is 21.7 Å². The van der Waals surface area contributed by atoms with E-state index < -0.39 is 15.9 Å². The Kier molecular flexibility index (Phi) is 7.82. The molecule has 1 aromatic carbocycles. The highest BCUT2D eigenvalue weighted by Crippen LogP contribution is 2.33. The fraction of sp³-hybridized carbons (Fsp3) is 0.214. The van der Waals surface area contributed by atoms with Crippen molar-refractivity contribution in [1.82, 2.24) is 19.7 Å². The summed E-state index contributed by atoms with van der Waals surface area (Å²) in [7, 11) is -4.33. The van der Waals surface area contributed by atoms with Gasteiger partial charge in [-0.2, -0.15) is 0 Å². The number of pyridine rings is 3. The van der Waals surface area contributed by atoms with E-state index in [1.54, 1.807) is 12.1 Å². The number of nitrogens with one attached hydrogen (secondary N) is 1. The molecule has 0 atom stereocenters. The van der Waals surface area contributed by atoms with Crippen molar-refractivity contribution in [2.24, 2.45) is 0 Å². The maximum absolute atomic E-state index is 13.3. The standard InChI is InChI=1S/C28H29N5O5S/c1-6-37-24-15-17(3)14-22(31-24)21-10-9-20(27(34)33-39(35,36)23-8-7-11-30-26(23)29)28(32-21)38-25-18(4)12-16(2)13-19(25)5/h7-15H,6H2,1-5H3,(H2,29,30)(H,33,34). The van der Waals surface area contributed by atoms with Gasteiger partial charge in [-0.3, -0.25) is 4.79 Å². The van der Waals surface area contributed by atoms with Crippen molar-refractivity contribution < 1.29 is 22.7 Å². The quantitative estimate of drug-likeness (QED) is 0.321. The van der Waals surface area contributed by atoms with E-state index in [0.717, 1.165) is 22.3 Å². The van der Waals surface area contributed by atoms with Crippen LogP contribution in [0, 0.1) is 27.7 Å². The van der Waals surface area contributed by atoms with Crippen LogP contribution in [-0.4, -0.2) is 35.9 Å². The van der Waals surface area contributed by atoms with Crippen LogP contribution in [0.2, 0.25) is 0 Å². The maximum Gasteiger partial charge on any atom is 0.270 e. The molecule has 39 heavy (non-hydrogen) atoms. The Labute approximate surface area is 227 Å². The highest BCUT2D eigenvalue weighted by atomic mass is 32.2. The Bertz CT molecular complexity index is 1650. The zero-order valence-electron chi connectivity index (χ0n) is 22.3. The lowest BCUT2D eigenvalue weighted by Crippen LogP contribution is -2.31. The molecule has 0 saturated heterocycles. The van der Waals surface area contributed by atoms with Gasteiger partial charge in [0.25, 0.3) is 15.9 Å². The van der Waals surface area contributed by atoms with Crippen LogP contribution in [-0.2, 0) is 10.0 Å². The van der Waals surface area contributed by atoms with Crippen LogP contribution in [0.25, 0.3) is 11.4 Å². The Hall–Kier alpha value is -4.51. The third-order valence-electron chi connectivity index (χ3n) is 5.73. The van der Waals surface area contributed by atoms with Gasteiger partial charge in [0.2, 0.25) is 11.8 Å². The van der Waals surface area contributed by atoms with E-state index in [1.807, 2.05) is 57.5 Å². The molecule has 0 aliphatic carbocycles. The fourth-order valence-corrected chi connectivity index (χ4v) is 5.16. The second kappa shape index (κ2) is 11.1. The van der Waals surface area contributed by atoms with Gasteiger partial charge in [-0.1, -0.05) is 17.7 Å². The van der Waals surface area contributed by atoms with E-state index in [1.165, 1.54) is 24.4 Å². The van der Waals surface area contributed by atoms with Crippen LogP contribution in [0.1, 0.15) is 39.5 Å². The van der Waals surface area contributed by atoms with Gasteiger partial charge < -0.3 is 15.2 Å². The monoisotopic (exact) mass is 547 g/mol. The number of carbonyl (C=O) groups excluding carboxylic acids is 1. The normalized spacial score (nSPS) is 11.2. The summed E-state index contributed by atoms with van der Waals surface area (Å²) in [6.07, 6.45) is 1.35. The molecule has 11 heteroatoms. The van der Waals surface area contributed by atoms with Crippen molar-refractivity contribution in [2.75, 3.05) is 12.3 Å². The summed E-state index contributed by atoms with van der Waals surface area (Å²) < 4.78 is 39.7. The molecule has 4 aromatic rings. The van der Waals surface area contributed by atoms with Crippen molar-refractivity contribution in [3.63, 3.8) is 0 Å². The third kappa shape index (κ3) is 6.15. The predicted octanol–water partition coefficient (Wildman–Crippen LogP) is 4.66. The topological polar surface area (TPSA) is 146 Å². The largest absolute Gasteiger partial charge is 0.478 e. The zero-order chi connectivity index (χ0) is 28.3. The number of nitrogens with two attached hydrogens (primary N) is 1. The highest BCUT2D eigenvalue weighted by Gasteiger charge is 2.25. The van der Waals surface area contributed by atoms with Crippen LogP contribution in [0.3, 0.4) is 0 Å². The molecule has 0 unspecified atom stereocenters. The molecule has 4 rings (SSSR count). The number of ether oxygens (including phenoxy) is 2. The molecule has 3 N–H and O–H groups in total. The summed E-state index contributed by atoms with van der Waals surface area (Å²) in [5, 5.41) is 0. The molecule has 0 aliphatic heterocycles. The molecule has 10 nitrogen and oxygen atoms in total. The minimum atomic E-state index is -4.33. The molecule has 3 aromatic heterocycles. The Morgan fingerprint density at radius 1 is 0.949 bits per heavy atom. The number of hydrogen-bond donors (Lipinski definition) is 2. The van der Waals surface area contributed by atoms with Gasteiger partial charge in [0, 0.05) is 12.3 Å². The average molecular weight is 548 g/mol.